The van der Waals surface area contributed by atoms with Crippen molar-refractivity contribution in [1.82, 2.24) is 0 Å². The molecule has 0 unspecified atom stereocenters. The molecule has 0 aliphatic rings. The maximum atomic E-state index is 11.4. The van der Waals surface area contributed by atoms with Crippen LogP contribution in [0.5, 0.6) is 0 Å². The van der Waals surface area contributed by atoms with Gasteiger partial charge in [0.15, 0.2) is 0 Å². The Balaban J connectivity index is 2.61. The first kappa shape index (κ1) is 17.5. The van der Waals surface area contributed by atoms with E-state index < -0.39 is 0 Å². The van der Waals surface area contributed by atoms with Gasteiger partial charge in [-0.3, -0.25) is 10.1 Å². The molecule has 0 atom stereocenters. The Morgan fingerprint density at radius 1 is 1.00 bits per heavy atom. The van der Waals surface area contributed by atoms with E-state index in [0.29, 0.717) is 22.0 Å². The van der Waals surface area contributed by atoms with Crippen molar-refractivity contribution in [2.24, 2.45) is 0 Å². The number of nitro benzene ring substituents is 1. The number of hydrogen-bond donors (Lipinski definition) is 1. The van der Waals surface area contributed by atoms with Crippen molar-refractivity contribution in [1.29, 1.82) is 0 Å². The molecule has 0 aliphatic heterocycles. The van der Waals surface area contributed by atoms with Crippen molar-refractivity contribution in [3.8, 4) is 0 Å². The number of hydrogen-bond acceptors (Lipinski definition) is 3. The van der Waals surface area contributed by atoms with Crippen LogP contribution in [0.1, 0.15) is 50.7 Å². The lowest BCUT2D eigenvalue weighted by Gasteiger charge is -2.21. The Morgan fingerprint density at radius 2 is 1.52 bits per heavy atom. The minimum Gasteiger partial charge on any atom is -0.349 e. The van der Waals surface area contributed by atoms with Crippen molar-refractivity contribution in [3.63, 3.8) is 0 Å². The van der Waals surface area contributed by atoms with Gasteiger partial charge in [0.25, 0.3) is 0 Å². The molecule has 0 saturated heterocycles. The molecular weight excluding hydrogens is 356 g/mol. The van der Waals surface area contributed by atoms with Crippen LogP contribution in [0.4, 0.5) is 17.1 Å². The van der Waals surface area contributed by atoms with Gasteiger partial charge in [0.2, 0.25) is 0 Å². The number of rotatable bonds is 5. The highest BCUT2D eigenvalue weighted by atomic mass is 79.9. The van der Waals surface area contributed by atoms with Crippen LogP contribution in [0, 0.1) is 10.1 Å². The summed E-state index contributed by atoms with van der Waals surface area (Å²) in [7, 11) is 0. The van der Waals surface area contributed by atoms with E-state index >= 15 is 0 Å². The van der Waals surface area contributed by atoms with Crippen molar-refractivity contribution in [2.45, 2.75) is 39.5 Å². The Bertz CT molecular complexity index is 701. The SMILES string of the molecule is CC(C)c1cccc(C(C)C)c1Nc1cccc(Br)c1[N+](=O)[O-]. The Labute approximate surface area is 145 Å². The minimum absolute atomic E-state index is 0.0563. The topological polar surface area (TPSA) is 55.2 Å². The van der Waals surface area contributed by atoms with Gasteiger partial charge in [-0.25, -0.2) is 0 Å². The molecular formula is C18H21BrN2O2. The molecule has 0 fully saturated rings. The molecule has 0 radical (unpaired) electrons. The number of halogens is 1. The van der Waals surface area contributed by atoms with Crippen LogP contribution in [0.3, 0.4) is 0 Å². The lowest BCUT2D eigenvalue weighted by molar-refractivity contribution is -0.384. The second kappa shape index (κ2) is 7.13. The highest BCUT2D eigenvalue weighted by molar-refractivity contribution is 9.10. The molecule has 0 aliphatic carbocycles. The number of para-hydroxylation sites is 2. The molecule has 0 aromatic heterocycles. The number of nitrogens with zero attached hydrogens (tertiary/aromatic N) is 1. The van der Waals surface area contributed by atoms with Gasteiger partial charge in [-0.15, -0.1) is 0 Å². The quantitative estimate of drug-likeness (QED) is 0.488. The van der Waals surface area contributed by atoms with Crippen molar-refractivity contribution < 1.29 is 4.92 Å². The molecule has 2 aromatic carbocycles. The van der Waals surface area contributed by atoms with Crippen LogP contribution >= 0.6 is 15.9 Å². The van der Waals surface area contributed by atoms with E-state index in [4.69, 9.17) is 0 Å². The predicted octanol–water partition coefficient (Wildman–Crippen LogP) is 6.35. The molecule has 5 heteroatoms. The first-order valence-corrected chi connectivity index (χ1v) is 8.45. The summed E-state index contributed by atoms with van der Waals surface area (Å²) in [4.78, 5) is 11.0. The Kier molecular flexibility index (Phi) is 5.42. The number of nitrogens with one attached hydrogen (secondary N) is 1. The molecule has 23 heavy (non-hydrogen) atoms. The van der Waals surface area contributed by atoms with Crippen LogP contribution in [-0.2, 0) is 0 Å². The number of benzene rings is 2. The summed E-state index contributed by atoms with van der Waals surface area (Å²) in [6.07, 6.45) is 0. The van der Waals surface area contributed by atoms with Gasteiger partial charge in [0, 0.05) is 5.69 Å². The molecule has 0 heterocycles. The van der Waals surface area contributed by atoms with Crippen LogP contribution in [0.2, 0.25) is 0 Å². The fraction of sp³-hybridized carbons (Fsp3) is 0.333. The molecule has 4 nitrogen and oxygen atoms in total. The molecule has 0 spiro atoms. The zero-order valence-electron chi connectivity index (χ0n) is 13.8. The lowest BCUT2D eigenvalue weighted by Crippen LogP contribution is -2.05. The van der Waals surface area contributed by atoms with E-state index in [-0.39, 0.29) is 10.6 Å². The maximum Gasteiger partial charge on any atom is 0.306 e. The Hall–Kier alpha value is -1.88. The highest BCUT2D eigenvalue weighted by Gasteiger charge is 2.21. The zero-order chi connectivity index (χ0) is 17.1. The minimum atomic E-state index is -0.362. The van der Waals surface area contributed by atoms with Crippen LogP contribution in [-0.4, -0.2) is 4.92 Å². The predicted molar refractivity (Wildman–Crippen MR) is 98.7 cm³/mol. The van der Waals surface area contributed by atoms with Gasteiger partial charge >= 0.3 is 5.69 Å². The monoisotopic (exact) mass is 376 g/mol. The van der Waals surface area contributed by atoms with Crippen molar-refractivity contribution in [3.05, 3.63) is 62.1 Å². The van der Waals surface area contributed by atoms with Crippen LogP contribution < -0.4 is 5.32 Å². The summed E-state index contributed by atoms with van der Waals surface area (Å²) < 4.78 is 0.473. The standard InChI is InChI=1S/C18H21BrN2O2/c1-11(2)13-7-5-8-14(12(3)4)17(13)20-16-10-6-9-15(19)18(16)21(22)23/h5-12,20H,1-4H3. The van der Waals surface area contributed by atoms with Gasteiger partial charge < -0.3 is 5.32 Å². The average Bonchev–Trinajstić information content (AvgIpc) is 2.46. The molecule has 0 amide bonds. The third kappa shape index (κ3) is 3.72. The van der Waals surface area contributed by atoms with Gasteiger partial charge in [-0.2, -0.15) is 0 Å². The van der Waals surface area contributed by atoms with Crippen molar-refractivity contribution >= 4 is 33.0 Å². The fourth-order valence-corrected chi connectivity index (χ4v) is 3.14. The zero-order valence-corrected chi connectivity index (χ0v) is 15.3. The number of nitro groups is 1. The lowest BCUT2D eigenvalue weighted by atomic mass is 9.92. The summed E-state index contributed by atoms with van der Waals surface area (Å²) in [5, 5.41) is 14.7. The largest absolute Gasteiger partial charge is 0.349 e. The highest BCUT2D eigenvalue weighted by Crippen LogP contribution is 2.39. The first-order chi connectivity index (χ1) is 10.8. The summed E-state index contributed by atoms with van der Waals surface area (Å²) in [5.41, 5.74) is 3.84. The molecule has 0 bridgehead atoms. The number of anilines is 2. The van der Waals surface area contributed by atoms with Crippen LogP contribution in [0.25, 0.3) is 0 Å². The smallest absolute Gasteiger partial charge is 0.306 e. The van der Waals surface area contributed by atoms with E-state index in [0.717, 1.165) is 16.8 Å². The maximum absolute atomic E-state index is 11.4. The molecule has 2 aromatic rings. The summed E-state index contributed by atoms with van der Waals surface area (Å²) in [6.45, 7) is 8.50. The molecule has 122 valence electrons. The van der Waals surface area contributed by atoms with E-state index in [1.165, 1.54) is 0 Å². The van der Waals surface area contributed by atoms with E-state index in [9.17, 15) is 10.1 Å². The third-order valence-electron chi connectivity index (χ3n) is 3.80. The second-order valence-corrected chi connectivity index (χ2v) is 6.99. The first-order valence-electron chi connectivity index (χ1n) is 7.65. The van der Waals surface area contributed by atoms with Gasteiger partial charge in [-0.05, 0) is 51.0 Å². The average molecular weight is 377 g/mol. The summed E-state index contributed by atoms with van der Waals surface area (Å²) >= 11 is 3.27. The van der Waals surface area contributed by atoms with E-state index in [2.05, 4.69) is 61.1 Å². The Morgan fingerprint density at radius 3 is 2.00 bits per heavy atom. The molecule has 0 saturated carbocycles. The second-order valence-electron chi connectivity index (χ2n) is 6.14. The fourth-order valence-electron chi connectivity index (χ4n) is 2.63. The van der Waals surface area contributed by atoms with Crippen molar-refractivity contribution in [2.75, 3.05) is 5.32 Å². The van der Waals surface area contributed by atoms with Crippen LogP contribution in [0.15, 0.2) is 40.9 Å². The van der Waals surface area contributed by atoms with E-state index in [1.54, 1.807) is 18.2 Å². The van der Waals surface area contributed by atoms with Gasteiger partial charge in [0.05, 0.1) is 9.40 Å². The summed E-state index contributed by atoms with van der Waals surface area (Å²) in [5.74, 6) is 0.643. The van der Waals surface area contributed by atoms with Gasteiger partial charge in [0.1, 0.15) is 5.69 Å². The van der Waals surface area contributed by atoms with E-state index in [1.807, 2.05) is 6.07 Å². The third-order valence-corrected chi connectivity index (χ3v) is 4.44. The van der Waals surface area contributed by atoms with Gasteiger partial charge in [-0.1, -0.05) is 52.0 Å². The molecule has 2 rings (SSSR count). The summed E-state index contributed by atoms with van der Waals surface area (Å²) in [6, 6.07) is 11.4. The molecule has 1 N–H and O–H groups in total. The normalized spacial score (nSPS) is 11.1.